The lowest BCUT2D eigenvalue weighted by atomic mass is 9.43. The Morgan fingerprint density at radius 3 is 2.47 bits per heavy atom. The summed E-state index contributed by atoms with van der Waals surface area (Å²) < 4.78 is 0. The molecule has 6 nitrogen and oxygen atoms in total. The fourth-order valence-electron chi connectivity index (χ4n) is 14.4. The molecular formula is C41H61NO5. The Hall–Kier alpha value is -1.31. The number of carbonyl (C=O) groups excluding carboxylic acids is 1. The Morgan fingerprint density at radius 2 is 1.72 bits per heavy atom. The minimum Gasteiger partial charge on any atom is -0.392 e. The van der Waals surface area contributed by atoms with E-state index in [0.29, 0.717) is 37.1 Å². The van der Waals surface area contributed by atoms with E-state index in [9.17, 15) is 25.2 Å². The molecule has 5 fully saturated rings. The maximum atomic E-state index is 14.1. The molecule has 0 heterocycles. The number of rotatable bonds is 4. The first-order valence-electron chi connectivity index (χ1n) is 19.5. The van der Waals surface area contributed by atoms with E-state index in [1.54, 1.807) is 28.4 Å². The Labute approximate surface area is 282 Å². The maximum absolute atomic E-state index is 14.1. The van der Waals surface area contributed by atoms with Gasteiger partial charge in [-0.1, -0.05) is 56.4 Å². The van der Waals surface area contributed by atoms with Crippen molar-refractivity contribution in [2.45, 2.75) is 135 Å². The van der Waals surface area contributed by atoms with Crippen molar-refractivity contribution in [3.63, 3.8) is 0 Å². The first-order valence-corrected chi connectivity index (χ1v) is 19.5. The summed E-state index contributed by atoms with van der Waals surface area (Å²) in [5, 5.41) is 51.0. The smallest absolute Gasteiger partial charge is 0.159 e. The van der Waals surface area contributed by atoms with Crippen molar-refractivity contribution in [2.75, 3.05) is 13.6 Å². The number of aliphatic hydroxyl groups is 4. The summed E-state index contributed by atoms with van der Waals surface area (Å²) in [4.78, 5) is 14.1. The molecule has 0 radical (unpaired) electrons. The van der Waals surface area contributed by atoms with E-state index >= 15 is 0 Å². The normalized spacial score (nSPS) is 50.8. The van der Waals surface area contributed by atoms with Crippen LogP contribution < -0.4 is 5.32 Å². The molecule has 0 spiro atoms. The van der Waals surface area contributed by atoms with Crippen LogP contribution >= 0.6 is 0 Å². The maximum Gasteiger partial charge on any atom is 0.159 e. The lowest BCUT2D eigenvalue weighted by molar-refractivity contribution is -0.170. The third kappa shape index (κ3) is 4.36. The summed E-state index contributed by atoms with van der Waals surface area (Å²) >= 11 is 0. The summed E-state index contributed by atoms with van der Waals surface area (Å²) in [6.07, 6.45) is 12.9. The molecule has 47 heavy (non-hydrogen) atoms. The summed E-state index contributed by atoms with van der Waals surface area (Å²) in [7, 11) is 1.83. The van der Waals surface area contributed by atoms with Crippen LogP contribution in [0, 0.1) is 64.1 Å². The molecule has 5 N–H and O–H groups in total. The van der Waals surface area contributed by atoms with E-state index < -0.39 is 34.7 Å². The molecule has 14 unspecified atom stereocenters. The van der Waals surface area contributed by atoms with Crippen LogP contribution in [0.4, 0.5) is 0 Å². The highest BCUT2D eigenvalue weighted by Crippen LogP contribution is 2.70. The van der Waals surface area contributed by atoms with E-state index in [1.165, 1.54) is 44.9 Å². The third-order valence-corrected chi connectivity index (χ3v) is 16.2. The van der Waals surface area contributed by atoms with Gasteiger partial charge in [-0.2, -0.15) is 0 Å². The molecule has 0 saturated heterocycles. The first kappa shape index (κ1) is 32.9. The van der Waals surface area contributed by atoms with E-state index in [2.05, 4.69) is 33.0 Å². The van der Waals surface area contributed by atoms with Gasteiger partial charge in [0.15, 0.2) is 5.78 Å². The van der Waals surface area contributed by atoms with Gasteiger partial charge in [0.1, 0.15) is 0 Å². The van der Waals surface area contributed by atoms with Crippen molar-refractivity contribution in [2.24, 2.45) is 64.1 Å². The molecule has 14 atom stereocenters. The number of fused-ring (bicyclic) bond motifs is 7. The van der Waals surface area contributed by atoms with Crippen LogP contribution in [0.15, 0.2) is 33.9 Å². The van der Waals surface area contributed by atoms with Gasteiger partial charge in [0.05, 0.1) is 23.9 Å². The number of carbonyl (C=O) groups is 1. The molecule has 0 aliphatic heterocycles. The number of hydrogen-bond donors (Lipinski definition) is 5. The third-order valence-electron chi connectivity index (χ3n) is 16.2. The fourth-order valence-corrected chi connectivity index (χ4v) is 14.4. The van der Waals surface area contributed by atoms with Gasteiger partial charge in [0.25, 0.3) is 0 Å². The van der Waals surface area contributed by atoms with Crippen molar-refractivity contribution in [3.8, 4) is 0 Å². The summed E-state index contributed by atoms with van der Waals surface area (Å²) in [5.74, 6) is 1.31. The number of hydrogen-bond acceptors (Lipinski definition) is 6. The topological polar surface area (TPSA) is 110 Å². The lowest BCUT2D eigenvalue weighted by Crippen LogP contribution is -2.64. The van der Waals surface area contributed by atoms with Crippen LogP contribution in [0.2, 0.25) is 0 Å². The minimum absolute atomic E-state index is 0.00531. The fraction of sp³-hybridized carbons (Fsp3) is 0.829. The van der Waals surface area contributed by atoms with Gasteiger partial charge in [-0.25, -0.2) is 0 Å². The SMILES string of the molecule is CNCC1C(O)C(O)CC2(C)C3CCC4(C)C(C5CC6CCCC7=C6C(C(C(C)C)=C6CCCCC67)C5O)CCC4(O)C3=CC(=O)C12. The van der Waals surface area contributed by atoms with Crippen LogP contribution in [0.25, 0.3) is 0 Å². The quantitative estimate of drug-likeness (QED) is 0.244. The monoisotopic (exact) mass is 647 g/mol. The van der Waals surface area contributed by atoms with Crippen molar-refractivity contribution in [1.29, 1.82) is 0 Å². The van der Waals surface area contributed by atoms with E-state index in [4.69, 9.17) is 0 Å². The second-order valence-corrected chi connectivity index (χ2v) is 18.4. The van der Waals surface area contributed by atoms with Crippen LogP contribution in [0.1, 0.15) is 111 Å². The van der Waals surface area contributed by atoms with Crippen molar-refractivity contribution >= 4 is 5.78 Å². The highest BCUT2D eigenvalue weighted by atomic mass is 16.3. The number of ketones is 1. The van der Waals surface area contributed by atoms with Gasteiger partial charge in [-0.05, 0) is 131 Å². The van der Waals surface area contributed by atoms with Crippen molar-refractivity contribution in [1.82, 2.24) is 5.32 Å². The lowest BCUT2D eigenvalue weighted by Gasteiger charge is -2.62. The number of aliphatic hydroxyl groups excluding tert-OH is 3. The molecule has 5 saturated carbocycles. The van der Waals surface area contributed by atoms with Gasteiger partial charge >= 0.3 is 0 Å². The number of allylic oxidation sites excluding steroid dienone is 3. The van der Waals surface area contributed by atoms with E-state index in [1.807, 2.05) is 7.05 Å². The Morgan fingerprint density at radius 1 is 0.957 bits per heavy atom. The molecule has 8 aliphatic carbocycles. The Bertz CT molecular complexity index is 1400. The van der Waals surface area contributed by atoms with Gasteiger partial charge in [-0.15, -0.1) is 0 Å². The zero-order chi connectivity index (χ0) is 33.2. The largest absolute Gasteiger partial charge is 0.392 e. The van der Waals surface area contributed by atoms with Crippen LogP contribution in [-0.4, -0.2) is 63.7 Å². The molecule has 0 aromatic heterocycles. The Kier molecular flexibility index (Phi) is 7.94. The minimum atomic E-state index is -1.10. The van der Waals surface area contributed by atoms with Gasteiger partial charge in [-0.3, -0.25) is 4.79 Å². The van der Waals surface area contributed by atoms with Crippen molar-refractivity contribution in [3.05, 3.63) is 33.9 Å². The molecule has 260 valence electrons. The van der Waals surface area contributed by atoms with E-state index in [-0.39, 0.29) is 41.3 Å². The van der Waals surface area contributed by atoms with Gasteiger partial charge in [0.2, 0.25) is 0 Å². The predicted molar refractivity (Wildman–Crippen MR) is 183 cm³/mol. The first-order chi connectivity index (χ1) is 22.4. The standard InChI is InChI=1S/C41H61NO5/c1-21(2)33-24-11-7-6-10-23(24)25-12-8-9-22-17-26(38(46)35(33)34(22)25)28-14-16-41(47)30-18-31(43)36-27(20-42-5)37(45)32(44)19-39(36,3)29(30)13-15-40(28,41)4/h18,21-23,26-29,32,35-38,42,44-47H,6-17,19-20H2,1-5H3. The predicted octanol–water partition coefficient (Wildman–Crippen LogP) is 5.89. The molecule has 0 amide bonds. The summed E-state index contributed by atoms with van der Waals surface area (Å²) in [6.45, 7) is 9.61. The second-order valence-electron chi connectivity index (χ2n) is 18.4. The van der Waals surface area contributed by atoms with Crippen LogP contribution in [0.3, 0.4) is 0 Å². The second kappa shape index (κ2) is 11.4. The van der Waals surface area contributed by atoms with E-state index in [0.717, 1.165) is 31.3 Å². The average Bonchev–Trinajstić information content (AvgIpc) is 3.31. The zero-order valence-corrected chi connectivity index (χ0v) is 29.6. The van der Waals surface area contributed by atoms with Gasteiger partial charge < -0.3 is 25.7 Å². The number of nitrogens with one attached hydrogen (secondary N) is 1. The molecule has 8 aliphatic rings. The van der Waals surface area contributed by atoms with Crippen molar-refractivity contribution < 1.29 is 25.2 Å². The van der Waals surface area contributed by atoms with Crippen LogP contribution in [0.5, 0.6) is 0 Å². The highest BCUT2D eigenvalue weighted by molar-refractivity contribution is 5.95. The van der Waals surface area contributed by atoms with Crippen LogP contribution in [-0.2, 0) is 4.79 Å². The average molecular weight is 648 g/mol. The summed E-state index contributed by atoms with van der Waals surface area (Å²) in [6, 6.07) is 0. The Balaban J connectivity index is 1.16. The zero-order valence-electron chi connectivity index (χ0n) is 29.6. The molecular weight excluding hydrogens is 586 g/mol. The summed E-state index contributed by atoms with van der Waals surface area (Å²) in [5.41, 5.74) is 5.44. The molecule has 6 heteroatoms. The molecule has 0 aromatic rings. The molecule has 0 aromatic carbocycles. The highest BCUT2D eigenvalue weighted by Gasteiger charge is 2.69. The molecule has 8 rings (SSSR count). The van der Waals surface area contributed by atoms with Gasteiger partial charge in [0, 0.05) is 35.6 Å². The molecule has 0 bridgehead atoms.